The predicted octanol–water partition coefficient (Wildman–Crippen LogP) is 3.43. The molecule has 1 aliphatic carbocycles. The number of nitrogens with two attached hydrogens (primary N) is 1. The van der Waals surface area contributed by atoms with E-state index in [0.717, 1.165) is 24.0 Å². The van der Waals surface area contributed by atoms with E-state index < -0.39 is 0 Å². The molecule has 2 rings (SSSR count). The third-order valence-electron chi connectivity index (χ3n) is 3.69. The second-order valence-corrected chi connectivity index (χ2v) is 5.25. The molecule has 0 unspecified atom stereocenters. The highest BCUT2D eigenvalue weighted by Crippen LogP contribution is 2.31. The molecule has 94 valence electrons. The lowest BCUT2D eigenvalue weighted by Crippen LogP contribution is -2.33. The molecule has 0 atom stereocenters. The van der Waals surface area contributed by atoms with Crippen molar-refractivity contribution in [1.82, 2.24) is 0 Å². The Bertz CT molecular complexity index is 374. The SMILES string of the molecule is CCN(CC1CCC1)c1cc(Cl)ccc1CN. The van der Waals surface area contributed by atoms with Crippen LogP contribution in [0.25, 0.3) is 0 Å². The van der Waals surface area contributed by atoms with Gasteiger partial charge >= 0.3 is 0 Å². The zero-order valence-corrected chi connectivity index (χ0v) is 11.2. The third kappa shape index (κ3) is 2.93. The molecule has 0 bridgehead atoms. The third-order valence-corrected chi connectivity index (χ3v) is 3.93. The van der Waals surface area contributed by atoms with Gasteiger partial charge in [-0.05, 0) is 43.4 Å². The molecule has 1 fully saturated rings. The van der Waals surface area contributed by atoms with Crippen LogP contribution < -0.4 is 10.6 Å². The van der Waals surface area contributed by atoms with Gasteiger partial charge in [0.2, 0.25) is 0 Å². The fourth-order valence-corrected chi connectivity index (χ4v) is 2.56. The lowest BCUT2D eigenvalue weighted by atomic mass is 9.85. The van der Waals surface area contributed by atoms with Crippen molar-refractivity contribution in [2.75, 3.05) is 18.0 Å². The van der Waals surface area contributed by atoms with Crippen LogP contribution in [0.2, 0.25) is 5.02 Å². The van der Waals surface area contributed by atoms with Gasteiger partial charge in [0.25, 0.3) is 0 Å². The second kappa shape index (κ2) is 5.74. The van der Waals surface area contributed by atoms with Crippen molar-refractivity contribution >= 4 is 17.3 Å². The van der Waals surface area contributed by atoms with E-state index in [4.69, 9.17) is 17.3 Å². The monoisotopic (exact) mass is 252 g/mol. The number of nitrogens with zero attached hydrogens (tertiary/aromatic N) is 1. The molecule has 1 saturated carbocycles. The highest BCUT2D eigenvalue weighted by Gasteiger charge is 2.21. The predicted molar refractivity (Wildman–Crippen MR) is 74.6 cm³/mol. The summed E-state index contributed by atoms with van der Waals surface area (Å²) in [5, 5.41) is 0.796. The Balaban J connectivity index is 2.18. The van der Waals surface area contributed by atoms with Gasteiger partial charge in [-0.1, -0.05) is 24.1 Å². The fourth-order valence-electron chi connectivity index (χ4n) is 2.39. The highest BCUT2D eigenvalue weighted by atomic mass is 35.5. The summed E-state index contributed by atoms with van der Waals surface area (Å²) in [6.07, 6.45) is 4.13. The largest absolute Gasteiger partial charge is 0.371 e. The second-order valence-electron chi connectivity index (χ2n) is 4.81. The Kier molecular flexibility index (Phi) is 4.30. The van der Waals surface area contributed by atoms with Crippen LogP contribution in [0, 0.1) is 5.92 Å². The lowest BCUT2D eigenvalue weighted by molar-refractivity contribution is 0.318. The summed E-state index contributed by atoms with van der Waals surface area (Å²) in [5.41, 5.74) is 8.21. The van der Waals surface area contributed by atoms with Crippen molar-refractivity contribution in [2.24, 2.45) is 11.7 Å². The van der Waals surface area contributed by atoms with Gasteiger partial charge in [0.15, 0.2) is 0 Å². The number of anilines is 1. The number of halogens is 1. The van der Waals surface area contributed by atoms with Crippen LogP contribution in [-0.4, -0.2) is 13.1 Å². The average Bonchev–Trinajstić information content (AvgIpc) is 2.28. The first kappa shape index (κ1) is 12.7. The summed E-state index contributed by atoms with van der Waals surface area (Å²) in [4.78, 5) is 2.41. The zero-order valence-electron chi connectivity index (χ0n) is 10.5. The van der Waals surface area contributed by atoms with Gasteiger partial charge in [0, 0.05) is 30.3 Å². The number of rotatable bonds is 5. The van der Waals surface area contributed by atoms with Crippen molar-refractivity contribution in [3.05, 3.63) is 28.8 Å². The molecular formula is C14H21ClN2. The van der Waals surface area contributed by atoms with Gasteiger partial charge < -0.3 is 10.6 Å². The maximum absolute atomic E-state index is 6.09. The Morgan fingerprint density at radius 3 is 2.71 bits per heavy atom. The van der Waals surface area contributed by atoms with Crippen molar-refractivity contribution in [3.8, 4) is 0 Å². The maximum Gasteiger partial charge on any atom is 0.0426 e. The minimum atomic E-state index is 0.577. The number of hydrogen-bond donors (Lipinski definition) is 1. The van der Waals surface area contributed by atoms with Gasteiger partial charge in [0.1, 0.15) is 0 Å². The van der Waals surface area contributed by atoms with Gasteiger partial charge in [0.05, 0.1) is 0 Å². The normalized spacial score (nSPS) is 15.7. The number of benzene rings is 1. The molecule has 3 heteroatoms. The first-order valence-corrected chi connectivity index (χ1v) is 6.85. The van der Waals surface area contributed by atoms with Crippen LogP contribution in [0.5, 0.6) is 0 Å². The van der Waals surface area contributed by atoms with Crippen LogP contribution in [0.3, 0.4) is 0 Å². The molecule has 2 nitrogen and oxygen atoms in total. The molecule has 0 radical (unpaired) electrons. The molecule has 2 N–H and O–H groups in total. The van der Waals surface area contributed by atoms with Crippen LogP contribution in [-0.2, 0) is 6.54 Å². The summed E-state index contributed by atoms with van der Waals surface area (Å²) >= 11 is 6.09. The molecule has 0 saturated heterocycles. The first-order valence-electron chi connectivity index (χ1n) is 6.48. The minimum Gasteiger partial charge on any atom is -0.371 e. The summed E-state index contributed by atoms with van der Waals surface area (Å²) in [5.74, 6) is 0.861. The molecular weight excluding hydrogens is 232 g/mol. The van der Waals surface area contributed by atoms with Gasteiger partial charge in [-0.2, -0.15) is 0 Å². The molecule has 1 aromatic carbocycles. The number of hydrogen-bond acceptors (Lipinski definition) is 2. The molecule has 1 aromatic rings. The fraction of sp³-hybridized carbons (Fsp3) is 0.571. The van der Waals surface area contributed by atoms with Crippen molar-refractivity contribution < 1.29 is 0 Å². The van der Waals surface area contributed by atoms with Gasteiger partial charge in [-0.25, -0.2) is 0 Å². The van der Waals surface area contributed by atoms with Gasteiger partial charge in [-0.3, -0.25) is 0 Å². The van der Waals surface area contributed by atoms with Gasteiger partial charge in [-0.15, -0.1) is 0 Å². The zero-order chi connectivity index (χ0) is 12.3. The standard InChI is InChI=1S/C14H21ClN2/c1-2-17(10-11-4-3-5-11)14-8-13(15)7-6-12(14)9-16/h6-8,11H,2-5,9-10,16H2,1H3. The van der Waals surface area contributed by atoms with E-state index in [-0.39, 0.29) is 0 Å². The Hall–Kier alpha value is -0.730. The van der Waals surface area contributed by atoms with Crippen LogP contribution in [0.4, 0.5) is 5.69 Å². The smallest absolute Gasteiger partial charge is 0.0426 e. The highest BCUT2D eigenvalue weighted by molar-refractivity contribution is 6.30. The topological polar surface area (TPSA) is 29.3 Å². The van der Waals surface area contributed by atoms with Crippen molar-refractivity contribution in [2.45, 2.75) is 32.7 Å². The maximum atomic E-state index is 6.09. The Morgan fingerprint density at radius 1 is 1.41 bits per heavy atom. The van der Waals surface area contributed by atoms with E-state index in [0.29, 0.717) is 6.54 Å². The van der Waals surface area contributed by atoms with Crippen molar-refractivity contribution in [3.63, 3.8) is 0 Å². The van der Waals surface area contributed by atoms with Crippen LogP contribution >= 0.6 is 11.6 Å². The Labute approximate surface area is 109 Å². The summed E-state index contributed by atoms with van der Waals surface area (Å²) in [6, 6.07) is 6.01. The quantitative estimate of drug-likeness (QED) is 0.870. The van der Waals surface area contributed by atoms with E-state index in [1.807, 2.05) is 18.2 Å². The van der Waals surface area contributed by atoms with Crippen LogP contribution in [0.1, 0.15) is 31.7 Å². The van der Waals surface area contributed by atoms with Crippen LogP contribution in [0.15, 0.2) is 18.2 Å². The van der Waals surface area contributed by atoms with E-state index >= 15 is 0 Å². The molecule has 0 spiro atoms. The molecule has 0 amide bonds. The first-order chi connectivity index (χ1) is 8.24. The molecule has 0 aliphatic heterocycles. The van der Waals surface area contributed by atoms with E-state index in [2.05, 4.69) is 11.8 Å². The summed E-state index contributed by atoms with van der Waals surface area (Å²) < 4.78 is 0. The molecule has 1 aliphatic rings. The molecule has 0 aromatic heterocycles. The summed E-state index contributed by atoms with van der Waals surface area (Å²) in [7, 11) is 0. The van der Waals surface area contributed by atoms with E-state index in [1.165, 1.54) is 30.5 Å². The Morgan fingerprint density at radius 2 is 2.18 bits per heavy atom. The lowest BCUT2D eigenvalue weighted by Gasteiger charge is -2.34. The molecule has 17 heavy (non-hydrogen) atoms. The minimum absolute atomic E-state index is 0.577. The van der Waals surface area contributed by atoms with Crippen molar-refractivity contribution in [1.29, 1.82) is 0 Å². The van der Waals surface area contributed by atoms with E-state index in [1.54, 1.807) is 0 Å². The van der Waals surface area contributed by atoms with E-state index in [9.17, 15) is 0 Å². The summed E-state index contributed by atoms with van der Waals surface area (Å²) in [6.45, 7) is 4.93. The molecule has 0 heterocycles. The average molecular weight is 253 g/mol.